The number of carbonyl (C=O) groups is 1. The number of hydrogen-bond donors (Lipinski definition) is 2. The second-order valence-corrected chi connectivity index (χ2v) is 8.15. The molecule has 2 N–H and O–H groups in total. The first kappa shape index (κ1) is 16.8. The molecule has 2 unspecified atom stereocenters. The van der Waals surface area contributed by atoms with Crippen molar-refractivity contribution >= 4 is 33.7 Å². The minimum absolute atomic E-state index is 0.174. The summed E-state index contributed by atoms with van der Waals surface area (Å²) in [5.41, 5.74) is -0.772. The number of thioether (sulfide) groups is 1. The maximum absolute atomic E-state index is 11.8. The maximum atomic E-state index is 11.8. The quantitative estimate of drug-likeness (QED) is 0.809. The topological polar surface area (TPSA) is 49.3 Å². The Hall–Kier alpha value is -0.520. The lowest BCUT2D eigenvalue weighted by molar-refractivity contribution is -0.146. The van der Waals surface area contributed by atoms with Gasteiger partial charge in [-0.15, -0.1) is 11.8 Å². The zero-order valence-corrected chi connectivity index (χ0v) is 14.8. The van der Waals surface area contributed by atoms with E-state index in [2.05, 4.69) is 27.3 Å². The van der Waals surface area contributed by atoms with Gasteiger partial charge >= 0.3 is 5.97 Å². The van der Waals surface area contributed by atoms with Gasteiger partial charge in [-0.3, -0.25) is 10.1 Å². The van der Waals surface area contributed by atoms with Gasteiger partial charge in [0.15, 0.2) is 0 Å². The first-order chi connectivity index (χ1) is 9.93. The fourth-order valence-electron chi connectivity index (χ4n) is 2.98. The van der Waals surface area contributed by atoms with Crippen LogP contribution in [0.3, 0.4) is 0 Å². The lowest BCUT2D eigenvalue weighted by Gasteiger charge is -2.39. The van der Waals surface area contributed by atoms with Gasteiger partial charge in [-0.25, -0.2) is 0 Å². The highest BCUT2D eigenvalue weighted by Crippen LogP contribution is 2.40. The third-order valence-electron chi connectivity index (χ3n) is 3.81. The van der Waals surface area contributed by atoms with Gasteiger partial charge in [0.2, 0.25) is 0 Å². The number of hydrogen-bond acceptors (Lipinski definition) is 3. The van der Waals surface area contributed by atoms with Crippen LogP contribution in [0.1, 0.15) is 39.5 Å². The molecule has 21 heavy (non-hydrogen) atoms. The summed E-state index contributed by atoms with van der Waals surface area (Å²) in [5, 5.41) is 13.3. The highest BCUT2D eigenvalue weighted by atomic mass is 79.9. The third kappa shape index (κ3) is 4.24. The van der Waals surface area contributed by atoms with Crippen molar-refractivity contribution in [1.82, 2.24) is 5.32 Å². The predicted octanol–water partition coefficient (Wildman–Crippen LogP) is 4.31. The van der Waals surface area contributed by atoms with Crippen molar-refractivity contribution in [3.63, 3.8) is 0 Å². The molecule has 2 rings (SSSR count). The maximum Gasteiger partial charge on any atom is 0.323 e. The van der Waals surface area contributed by atoms with Crippen molar-refractivity contribution in [1.29, 1.82) is 0 Å². The number of rotatable bonds is 5. The number of carboxylic acid groups (broad SMARTS) is 1. The molecule has 1 aliphatic carbocycles. The fourth-order valence-corrected chi connectivity index (χ4v) is 4.90. The van der Waals surface area contributed by atoms with Crippen molar-refractivity contribution in [3.8, 4) is 0 Å². The molecule has 0 amide bonds. The Labute approximate surface area is 139 Å². The van der Waals surface area contributed by atoms with Crippen LogP contribution < -0.4 is 5.32 Å². The monoisotopic (exact) mass is 371 g/mol. The van der Waals surface area contributed by atoms with Gasteiger partial charge in [-0.1, -0.05) is 12.1 Å². The molecular weight excluding hydrogens is 350 g/mol. The highest BCUT2D eigenvalue weighted by Gasteiger charge is 2.43. The van der Waals surface area contributed by atoms with Crippen LogP contribution in [0.2, 0.25) is 0 Å². The second-order valence-electron chi connectivity index (χ2n) is 5.95. The van der Waals surface area contributed by atoms with Crippen LogP contribution in [-0.4, -0.2) is 27.9 Å². The fraction of sp³-hybridized carbons (Fsp3) is 0.562. The lowest BCUT2D eigenvalue weighted by atomic mass is 9.81. The van der Waals surface area contributed by atoms with Gasteiger partial charge < -0.3 is 5.11 Å². The normalized spacial score (nSPS) is 26.0. The number of benzene rings is 1. The Balaban J connectivity index is 2.12. The number of halogens is 1. The lowest BCUT2D eigenvalue weighted by Crippen LogP contribution is -2.57. The molecule has 0 radical (unpaired) electrons. The summed E-state index contributed by atoms with van der Waals surface area (Å²) >= 11 is 5.36. The zero-order valence-electron chi connectivity index (χ0n) is 12.4. The SMILES string of the molecule is CC(C)NC1(C(=O)O)CCCC(Sc2ccccc2Br)C1. The number of aliphatic carboxylic acids is 1. The smallest absolute Gasteiger partial charge is 0.323 e. The van der Waals surface area contributed by atoms with E-state index in [4.69, 9.17) is 0 Å². The van der Waals surface area contributed by atoms with Crippen LogP contribution in [0.4, 0.5) is 0 Å². The molecule has 1 aliphatic rings. The molecule has 3 nitrogen and oxygen atoms in total. The first-order valence-electron chi connectivity index (χ1n) is 7.35. The molecule has 0 aromatic heterocycles. The van der Waals surface area contributed by atoms with E-state index in [0.717, 1.165) is 17.3 Å². The molecule has 0 bridgehead atoms. The van der Waals surface area contributed by atoms with Crippen LogP contribution in [0, 0.1) is 0 Å². The Bertz CT molecular complexity index is 509. The van der Waals surface area contributed by atoms with Crippen molar-refractivity contribution in [2.45, 2.75) is 61.3 Å². The summed E-state index contributed by atoms with van der Waals surface area (Å²) in [5.74, 6) is -0.714. The minimum atomic E-state index is -0.772. The van der Waals surface area contributed by atoms with E-state index in [1.54, 1.807) is 11.8 Å². The Morgan fingerprint density at radius 2 is 2.19 bits per heavy atom. The van der Waals surface area contributed by atoms with Gasteiger partial charge in [0, 0.05) is 20.7 Å². The van der Waals surface area contributed by atoms with E-state index in [1.807, 2.05) is 32.0 Å². The second kappa shape index (κ2) is 7.16. The minimum Gasteiger partial charge on any atom is -0.480 e. The number of carboxylic acids is 1. The number of nitrogens with one attached hydrogen (secondary N) is 1. The van der Waals surface area contributed by atoms with Gasteiger partial charge in [-0.2, -0.15) is 0 Å². The standard InChI is InChI=1S/C16H22BrNO2S/c1-11(2)18-16(15(19)20)9-5-6-12(10-16)21-14-8-4-3-7-13(14)17/h3-4,7-8,11-12,18H,5-6,9-10H2,1-2H3,(H,19,20). The average Bonchev–Trinajstić information content (AvgIpc) is 2.41. The summed E-state index contributed by atoms with van der Waals surface area (Å²) in [6, 6.07) is 8.31. The van der Waals surface area contributed by atoms with E-state index in [9.17, 15) is 9.90 Å². The Kier molecular flexibility index (Phi) is 5.74. The summed E-state index contributed by atoms with van der Waals surface area (Å²) < 4.78 is 1.08. The van der Waals surface area contributed by atoms with Crippen molar-refractivity contribution in [2.24, 2.45) is 0 Å². The summed E-state index contributed by atoms with van der Waals surface area (Å²) in [7, 11) is 0. The van der Waals surface area contributed by atoms with Gasteiger partial charge in [-0.05, 0) is 67.6 Å². The molecule has 0 saturated heterocycles. The van der Waals surface area contributed by atoms with Crippen LogP contribution in [0.25, 0.3) is 0 Å². The van der Waals surface area contributed by atoms with Gasteiger partial charge in [0.25, 0.3) is 0 Å². The van der Waals surface area contributed by atoms with E-state index in [1.165, 1.54) is 4.90 Å². The molecule has 1 aromatic carbocycles. The molecule has 116 valence electrons. The molecule has 1 saturated carbocycles. The third-order valence-corrected chi connectivity index (χ3v) is 6.11. The largest absolute Gasteiger partial charge is 0.480 e. The van der Waals surface area contributed by atoms with Gasteiger partial charge in [0.1, 0.15) is 5.54 Å². The molecule has 1 aromatic rings. The summed E-state index contributed by atoms with van der Waals surface area (Å²) in [4.78, 5) is 13.0. The van der Waals surface area contributed by atoms with E-state index in [0.29, 0.717) is 18.1 Å². The van der Waals surface area contributed by atoms with Gasteiger partial charge in [0.05, 0.1) is 0 Å². The van der Waals surface area contributed by atoms with E-state index < -0.39 is 11.5 Å². The molecule has 0 aliphatic heterocycles. The van der Waals surface area contributed by atoms with Crippen molar-refractivity contribution in [2.75, 3.05) is 0 Å². The van der Waals surface area contributed by atoms with Crippen LogP contribution in [0.5, 0.6) is 0 Å². The molecule has 2 atom stereocenters. The van der Waals surface area contributed by atoms with Crippen LogP contribution in [-0.2, 0) is 4.79 Å². The molecule has 0 spiro atoms. The first-order valence-corrected chi connectivity index (χ1v) is 9.02. The Morgan fingerprint density at radius 1 is 1.48 bits per heavy atom. The zero-order chi connectivity index (χ0) is 15.5. The van der Waals surface area contributed by atoms with Crippen LogP contribution >= 0.6 is 27.7 Å². The molecule has 1 fully saturated rings. The summed E-state index contributed by atoms with van der Waals surface area (Å²) in [6.45, 7) is 4.02. The Morgan fingerprint density at radius 3 is 2.81 bits per heavy atom. The molecule has 5 heteroatoms. The molecular formula is C16H22BrNO2S. The van der Waals surface area contributed by atoms with E-state index in [-0.39, 0.29) is 6.04 Å². The van der Waals surface area contributed by atoms with Crippen molar-refractivity contribution in [3.05, 3.63) is 28.7 Å². The predicted molar refractivity (Wildman–Crippen MR) is 90.9 cm³/mol. The van der Waals surface area contributed by atoms with Crippen LogP contribution in [0.15, 0.2) is 33.6 Å². The summed E-state index contributed by atoms with van der Waals surface area (Å²) in [6.07, 6.45) is 3.41. The van der Waals surface area contributed by atoms with E-state index >= 15 is 0 Å². The average molecular weight is 372 g/mol. The van der Waals surface area contributed by atoms with Crippen molar-refractivity contribution < 1.29 is 9.90 Å². The molecule has 0 heterocycles. The highest BCUT2D eigenvalue weighted by molar-refractivity contribution is 9.10.